The Morgan fingerprint density at radius 2 is 1.96 bits per heavy atom. The Kier molecular flexibility index (Phi) is 6.32. The molecule has 1 aromatic carbocycles. The number of aromatic hydroxyl groups is 1. The van der Waals surface area contributed by atoms with Crippen molar-refractivity contribution in [1.82, 2.24) is 19.5 Å². The van der Waals surface area contributed by atoms with Crippen LogP contribution in [0.5, 0.6) is 6.01 Å². The molecule has 2 aromatic heterocycles. The molecule has 0 saturated heterocycles. The molecule has 2 heterocycles. The van der Waals surface area contributed by atoms with Gasteiger partial charge in [0.2, 0.25) is 0 Å². The highest BCUT2D eigenvalue weighted by atomic mass is 32.2. The van der Waals surface area contributed by atoms with Gasteiger partial charge in [-0.2, -0.15) is 4.98 Å². The van der Waals surface area contributed by atoms with Gasteiger partial charge in [0.1, 0.15) is 0 Å². The molecule has 0 fully saturated rings. The van der Waals surface area contributed by atoms with E-state index in [0.717, 1.165) is 17.7 Å². The molecule has 28 heavy (non-hydrogen) atoms. The number of carboxylic acids is 1. The van der Waals surface area contributed by atoms with Gasteiger partial charge in [-0.3, -0.25) is 9.36 Å². The number of aliphatic carboxylic acids is 1. The minimum atomic E-state index is -0.906. The van der Waals surface area contributed by atoms with E-state index in [4.69, 9.17) is 15.9 Å². The van der Waals surface area contributed by atoms with Crippen LogP contribution in [-0.2, 0) is 17.8 Å². The number of rotatable bonds is 9. The summed E-state index contributed by atoms with van der Waals surface area (Å²) < 4.78 is 1.52. The lowest BCUT2D eigenvalue weighted by atomic mass is 10.1. The zero-order valence-electron chi connectivity index (χ0n) is 15.1. The maximum atomic E-state index is 10.9. The Labute approximate surface area is 165 Å². The second-order valence-electron chi connectivity index (χ2n) is 6.23. The first kappa shape index (κ1) is 19.9. The van der Waals surface area contributed by atoms with Crippen molar-refractivity contribution in [3.05, 3.63) is 35.4 Å². The zero-order valence-corrected chi connectivity index (χ0v) is 15.9. The lowest BCUT2D eigenvalue weighted by Gasteiger charge is -2.08. The quantitative estimate of drug-likeness (QED) is 0.238. The van der Waals surface area contributed by atoms with E-state index in [9.17, 15) is 9.90 Å². The van der Waals surface area contributed by atoms with Gasteiger partial charge in [0, 0.05) is 12.4 Å². The number of unbranched alkanes of at least 4 members (excludes halogenated alkanes) is 1. The molecule has 0 bridgehead atoms. The van der Waals surface area contributed by atoms with Crippen molar-refractivity contribution in [1.29, 1.82) is 0 Å². The van der Waals surface area contributed by atoms with Gasteiger partial charge in [-0.15, -0.1) is 0 Å². The molecule has 0 amide bonds. The topological polar surface area (TPSA) is 147 Å². The summed E-state index contributed by atoms with van der Waals surface area (Å²) in [7, 11) is 0. The van der Waals surface area contributed by atoms with Gasteiger partial charge in [-0.25, -0.2) is 9.97 Å². The highest BCUT2D eigenvalue weighted by Gasteiger charge is 2.17. The fraction of sp³-hybridized carbons (Fsp3) is 0.333. The number of aromatic nitrogens is 4. The molecular formula is C18H21N5O4S. The molecule has 0 saturated carbocycles. The summed E-state index contributed by atoms with van der Waals surface area (Å²) >= 11 is 1.42. The predicted octanol–water partition coefficient (Wildman–Crippen LogP) is 1.65. The maximum Gasteiger partial charge on any atom is 0.307 e. The molecule has 0 aliphatic rings. The number of carbonyl (C=O) groups is 1. The number of thioether (sulfide) groups is 1. The van der Waals surface area contributed by atoms with E-state index in [1.807, 2.05) is 6.07 Å². The Hall–Kier alpha value is -2.85. The van der Waals surface area contributed by atoms with Crippen molar-refractivity contribution >= 4 is 34.7 Å². The third-order valence-corrected chi connectivity index (χ3v) is 4.99. The predicted molar refractivity (Wildman–Crippen MR) is 105 cm³/mol. The number of hydrogen-bond donors (Lipinski definition) is 4. The second kappa shape index (κ2) is 8.89. The Morgan fingerprint density at radius 1 is 1.18 bits per heavy atom. The summed E-state index contributed by atoms with van der Waals surface area (Å²) in [5, 5.41) is 28.6. The second-order valence-corrected chi connectivity index (χ2v) is 7.29. The van der Waals surface area contributed by atoms with Gasteiger partial charge >= 0.3 is 5.97 Å². The first-order valence-corrected chi connectivity index (χ1v) is 9.72. The van der Waals surface area contributed by atoms with Gasteiger partial charge in [0.15, 0.2) is 22.1 Å². The van der Waals surface area contributed by atoms with Crippen LogP contribution in [-0.4, -0.2) is 53.2 Å². The number of fused-ring (bicyclic) bond motifs is 1. The summed E-state index contributed by atoms with van der Waals surface area (Å²) in [5.74, 6) is 0.0165. The number of anilines is 1. The van der Waals surface area contributed by atoms with E-state index in [0.29, 0.717) is 28.3 Å². The number of benzene rings is 1. The van der Waals surface area contributed by atoms with E-state index in [-0.39, 0.29) is 31.4 Å². The molecule has 0 aliphatic carbocycles. The zero-order chi connectivity index (χ0) is 20.1. The van der Waals surface area contributed by atoms with Crippen molar-refractivity contribution < 1.29 is 20.1 Å². The average Bonchev–Trinajstić information content (AvgIpc) is 2.95. The molecule has 0 aliphatic heterocycles. The number of nitrogen functional groups attached to an aromatic ring is 1. The number of aliphatic hydroxyl groups excluding tert-OH is 1. The molecular weight excluding hydrogens is 382 g/mol. The minimum absolute atomic E-state index is 0.0752. The molecule has 9 nitrogen and oxygen atoms in total. The molecule has 0 atom stereocenters. The van der Waals surface area contributed by atoms with Crippen LogP contribution in [0, 0.1) is 0 Å². The average molecular weight is 403 g/mol. The van der Waals surface area contributed by atoms with E-state index in [1.165, 1.54) is 16.3 Å². The molecule has 3 rings (SSSR count). The highest BCUT2D eigenvalue weighted by Crippen LogP contribution is 2.27. The Balaban J connectivity index is 1.89. The van der Waals surface area contributed by atoms with Gasteiger partial charge in [0.25, 0.3) is 6.01 Å². The van der Waals surface area contributed by atoms with Gasteiger partial charge in [-0.1, -0.05) is 36.0 Å². The summed E-state index contributed by atoms with van der Waals surface area (Å²) in [5.41, 5.74) is 8.20. The van der Waals surface area contributed by atoms with Crippen LogP contribution in [0.15, 0.2) is 29.4 Å². The van der Waals surface area contributed by atoms with Crippen LogP contribution < -0.4 is 5.73 Å². The van der Waals surface area contributed by atoms with Gasteiger partial charge in [0.05, 0.1) is 13.0 Å². The van der Waals surface area contributed by atoms with Crippen LogP contribution in [0.25, 0.3) is 11.2 Å². The van der Waals surface area contributed by atoms with E-state index in [1.54, 1.807) is 18.2 Å². The van der Waals surface area contributed by atoms with E-state index < -0.39 is 5.97 Å². The SMILES string of the molecule is Nc1nc(SCCCCO)nc2c1nc(O)n2Cc1cccc(CC(=O)O)c1. The fourth-order valence-electron chi connectivity index (χ4n) is 2.77. The van der Waals surface area contributed by atoms with Crippen LogP contribution in [0.1, 0.15) is 24.0 Å². The summed E-state index contributed by atoms with van der Waals surface area (Å²) in [6, 6.07) is 6.89. The number of nitrogens with two attached hydrogens (primary N) is 1. The Bertz CT molecular complexity index is 992. The van der Waals surface area contributed by atoms with Crippen LogP contribution >= 0.6 is 11.8 Å². The number of carboxylic acid groups (broad SMARTS) is 1. The summed E-state index contributed by atoms with van der Waals surface area (Å²) in [4.78, 5) is 23.7. The van der Waals surface area contributed by atoms with E-state index >= 15 is 0 Å². The van der Waals surface area contributed by atoms with E-state index in [2.05, 4.69) is 15.0 Å². The minimum Gasteiger partial charge on any atom is -0.481 e. The smallest absolute Gasteiger partial charge is 0.307 e. The third-order valence-electron chi connectivity index (χ3n) is 4.05. The maximum absolute atomic E-state index is 10.9. The number of imidazole rings is 1. The first-order valence-electron chi connectivity index (χ1n) is 8.74. The largest absolute Gasteiger partial charge is 0.481 e. The van der Waals surface area contributed by atoms with Crippen molar-refractivity contribution in [2.24, 2.45) is 0 Å². The third kappa shape index (κ3) is 4.70. The highest BCUT2D eigenvalue weighted by molar-refractivity contribution is 7.99. The lowest BCUT2D eigenvalue weighted by Crippen LogP contribution is -2.05. The summed E-state index contributed by atoms with van der Waals surface area (Å²) in [6.45, 7) is 0.408. The Morgan fingerprint density at radius 3 is 2.71 bits per heavy atom. The lowest BCUT2D eigenvalue weighted by molar-refractivity contribution is -0.136. The standard InChI is InChI=1S/C18H21N5O4S/c19-15-14-16(22-17(21-15)28-7-2-1-6-24)23(18(27)20-14)10-12-5-3-4-11(8-12)9-13(25)26/h3-5,8,24H,1-2,6-7,9-10H2,(H,20,27)(H,25,26)(H2,19,21,22). The summed E-state index contributed by atoms with van der Waals surface area (Å²) in [6.07, 6.45) is 1.45. The van der Waals surface area contributed by atoms with Crippen molar-refractivity contribution in [2.45, 2.75) is 31.0 Å². The van der Waals surface area contributed by atoms with Gasteiger partial charge < -0.3 is 21.1 Å². The molecule has 0 radical (unpaired) electrons. The molecule has 5 N–H and O–H groups in total. The van der Waals surface area contributed by atoms with Crippen molar-refractivity contribution in [3.63, 3.8) is 0 Å². The van der Waals surface area contributed by atoms with Crippen molar-refractivity contribution in [2.75, 3.05) is 18.1 Å². The van der Waals surface area contributed by atoms with Crippen LogP contribution in [0.3, 0.4) is 0 Å². The van der Waals surface area contributed by atoms with Crippen molar-refractivity contribution in [3.8, 4) is 6.01 Å². The number of hydrogen-bond acceptors (Lipinski definition) is 8. The number of aliphatic hydroxyl groups is 1. The molecule has 0 spiro atoms. The monoisotopic (exact) mass is 403 g/mol. The molecule has 148 valence electrons. The molecule has 0 unspecified atom stereocenters. The van der Waals surface area contributed by atoms with Gasteiger partial charge in [-0.05, 0) is 24.0 Å². The van der Waals surface area contributed by atoms with Crippen LogP contribution in [0.4, 0.5) is 5.82 Å². The molecule has 10 heteroatoms. The molecule has 3 aromatic rings. The normalized spacial score (nSPS) is 11.2. The number of nitrogens with zero attached hydrogens (tertiary/aromatic N) is 4. The first-order chi connectivity index (χ1) is 13.5. The van der Waals surface area contributed by atoms with Crippen LogP contribution in [0.2, 0.25) is 0 Å². The fourth-order valence-corrected chi connectivity index (χ4v) is 3.62.